The van der Waals surface area contributed by atoms with Crippen LogP contribution in [0, 0.1) is 12.8 Å². The number of ether oxygens (including phenoxy) is 2. The van der Waals surface area contributed by atoms with Gasteiger partial charge in [-0.3, -0.25) is 0 Å². The minimum absolute atomic E-state index is 0.292. The second kappa shape index (κ2) is 8.56. The standard InChI is InChI=1S/C20H29N3O3/c1-14-9-20(21-6-8-23-7-4-5-15(12-23)13-24)22-17-11-19(26-3)18(25-2)10-16(14)17/h9-11,15,24H,4-8,12-13H2,1-3H3,(H,21,22). The molecule has 0 spiro atoms. The van der Waals surface area contributed by atoms with Gasteiger partial charge in [-0.15, -0.1) is 0 Å². The molecule has 2 N–H and O–H groups in total. The minimum Gasteiger partial charge on any atom is -0.493 e. The number of aromatic nitrogens is 1. The third kappa shape index (κ3) is 4.19. The van der Waals surface area contributed by atoms with Crippen LogP contribution in [0.25, 0.3) is 10.9 Å². The first-order valence-corrected chi connectivity index (χ1v) is 9.25. The molecule has 0 amide bonds. The largest absolute Gasteiger partial charge is 0.493 e. The van der Waals surface area contributed by atoms with Crippen molar-refractivity contribution in [3.05, 3.63) is 23.8 Å². The Morgan fingerprint density at radius 2 is 2.00 bits per heavy atom. The van der Waals surface area contributed by atoms with Crippen LogP contribution in [0.5, 0.6) is 11.5 Å². The van der Waals surface area contributed by atoms with E-state index in [1.807, 2.05) is 12.1 Å². The number of aryl methyl sites for hydroxylation is 1. The van der Waals surface area contributed by atoms with Gasteiger partial charge in [0, 0.05) is 37.7 Å². The summed E-state index contributed by atoms with van der Waals surface area (Å²) < 4.78 is 10.8. The number of hydrogen-bond donors (Lipinski definition) is 2. The smallest absolute Gasteiger partial charge is 0.162 e. The molecule has 1 aliphatic rings. The monoisotopic (exact) mass is 359 g/mol. The number of likely N-dealkylation sites (tertiary alicyclic amines) is 1. The zero-order valence-corrected chi connectivity index (χ0v) is 15.9. The lowest BCUT2D eigenvalue weighted by Gasteiger charge is -2.31. The van der Waals surface area contributed by atoms with E-state index in [1.165, 1.54) is 6.42 Å². The van der Waals surface area contributed by atoms with Crippen molar-refractivity contribution in [1.82, 2.24) is 9.88 Å². The summed E-state index contributed by atoms with van der Waals surface area (Å²) in [4.78, 5) is 7.14. The fourth-order valence-corrected chi connectivity index (χ4v) is 3.66. The Morgan fingerprint density at radius 1 is 1.23 bits per heavy atom. The molecule has 1 aromatic heterocycles. The highest BCUT2D eigenvalue weighted by Gasteiger charge is 2.18. The number of anilines is 1. The third-order valence-electron chi connectivity index (χ3n) is 5.12. The lowest BCUT2D eigenvalue weighted by molar-refractivity contribution is 0.123. The van der Waals surface area contributed by atoms with E-state index in [4.69, 9.17) is 14.5 Å². The van der Waals surface area contributed by atoms with E-state index in [9.17, 15) is 5.11 Å². The van der Waals surface area contributed by atoms with Crippen molar-refractivity contribution in [3.63, 3.8) is 0 Å². The minimum atomic E-state index is 0.292. The maximum Gasteiger partial charge on any atom is 0.162 e. The third-order valence-corrected chi connectivity index (χ3v) is 5.12. The van der Waals surface area contributed by atoms with Gasteiger partial charge < -0.3 is 24.8 Å². The molecule has 0 saturated carbocycles. The molecule has 0 aliphatic carbocycles. The molecular formula is C20H29N3O3. The molecule has 1 atom stereocenters. The Bertz CT molecular complexity index is 751. The van der Waals surface area contributed by atoms with Crippen molar-refractivity contribution in [2.75, 3.05) is 52.3 Å². The number of benzene rings is 1. The number of piperidine rings is 1. The average molecular weight is 359 g/mol. The van der Waals surface area contributed by atoms with Gasteiger partial charge in [0.05, 0.1) is 19.7 Å². The number of rotatable bonds is 7. The van der Waals surface area contributed by atoms with Crippen molar-refractivity contribution in [2.24, 2.45) is 5.92 Å². The Morgan fingerprint density at radius 3 is 2.73 bits per heavy atom. The quantitative estimate of drug-likeness (QED) is 0.792. The Hall–Kier alpha value is -2.05. The van der Waals surface area contributed by atoms with Crippen molar-refractivity contribution in [3.8, 4) is 11.5 Å². The molecule has 2 heterocycles. The summed E-state index contributed by atoms with van der Waals surface area (Å²) in [6.45, 7) is 6.27. The predicted molar refractivity (Wildman–Crippen MR) is 104 cm³/mol. The van der Waals surface area contributed by atoms with Gasteiger partial charge in [-0.25, -0.2) is 4.98 Å². The molecule has 6 heteroatoms. The summed E-state index contributed by atoms with van der Waals surface area (Å²) in [6.07, 6.45) is 2.30. The fraction of sp³-hybridized carbons (Fsp3) is 0.550. The highest BCUT2D eigenvalue weighted by molar-refractivity contribution is 5.87. The Balaban J connectivity index is 1.68. The van der Waals surface area contributed by atoms with Crippen LogP contribution in [0.2, 0.25) is 0 Å². The van der Waals surface area contributed by atoms with Gasteiger partial charge in [0.2, 0.25) is 0 Å². The Kier molecular flexibility index (Phi) is 6.16. The lowest BCUT2D eigenvalue weighted by Crippen LogP contribution is -2.39. The SMILES string of the molecule is COc1cc2nc(NCCN3CCCC(CO)C3)cc(C)c2cc1OC. The van der Waals surface area contributed by atoms with Crippen molar-refractivity contribution in [2.45, 2.75) is 19.8 Å². The number of nitrogens with one attached hydrogen (secondary N) is 1. The topological polar surface area (TPSA) is 66.9 Å². The number of methoxy groups -OCH3 is 2. The summed E-state index contributed by atoms with van der Waals surface area (Å²) in [5.41, 5.74) is 2.04. The van der Waals surface area contributed by atoms with Crippen LogP contribution in [0.15, 0.2) is 18.2 Å². The Labute approximate surface area is 155 Å². The number of aliphatic hydroxyl groups is 1. The highest BCUT2D eigenvalue weighted by atomic mass is 16.5. The molecule has 1 aliphatic heterocycles. The van der Waals surface area contributed by atoms with Crippen molar-refractivity contribution in [1.29, 1.82) is 0 Å². The molecule has 26 heavy (non-hydrogen) atoms. The summed E-state index contributed by atoms with van der Waals surface area (Å²) in [5.74, 6) is 2.70. The molecule has 1 fully saturated rings. The number of hydrogen-bond acceptors (Lipinski definition) is 6. The molecule has 2 aromatic rings. The van der Waals surface area contributed by atoms with E-state index >= 15 is 0 Å². The summed E-state index contributed by atoms with van der Waals surface area (Å²) in [6, 6.07) is 5.97. The van der Waals surface area contributed by atoms with Gasteiger partial charge in [-0.2, -0.15) is 0 Å². The fourth-order valence-electron chi connectivity index (χ4n) is 3.66. The van der Waals surface area contributed by atoms with E-state index in [0.29, 0.717) is 24.0 Å². The first kappa shape index (κ1) is 18.7. The summed E-state index contributed by atoms with van der Waals surface area (Å²) in [5, 5.41) is 13.9. The average Bonchev–Trinajstić information content (AvgIpc) is 2.67. The number of fused-ring (bicyclic) bond motifs is 1. The van der Waals surface area contributed by atoms with Crippen LogP contribution < -0.4 is 14.8 Å². The molecule has 6 nitrogen and oxygen atoms in total. The molecular weight excluding hydrogens is 330 g/mol. The second-order valence-electron chi connectivity index (χ2n) is 6.97. The zero-order valence-electron chi connectivity index (χ0n) is 15.9. The lowest BCUT2D eigenvalue weighted by atomic mass is 9.99. The van der Waals surface area contributed by atoms with E-state index < -0.39 is 0 Å². The first-order chi connectivity index (χ1) is 12.6. The van der Waals surface area contributed by atoms with Crippen LogP contribution in [0.3, 0.4) is 0 Å². The maximum absolute atomic E-state index is 9.35. The van der Waals surface area contributed by atoms with Crippen LogP contribution in [0.4, 0.5) is 5.82 Å². The predicted octanol–water partition coefficient (Wildman–Crippen LogP) is 2.68. The van der Waals surface area contributed by atoms with Crippen LogP contribution in [-0.4, -0.2) is 62.0 Å². The van der Waals surface area contributed by atoms with Crippen LogP contribution >= 0.6 is 0 Å². The highest BCUT2D eigenvalue weighted by Crippen LogP contribution is 2.33. The van der Waals surface area contributed by atoms with E-state index in [-0.39, 0.29) is 0 Å². The van der Waals surface area contributed by atoms with Gasteiger partial charge in [0.1, 0.15) is 5.82 Å². The number of nitrogens with zero attached hydrogens (tertiary/aromatic N) is 2. The summed E-state index contributed by atoms with van der Waals surface area (Å²) >= 11 is 0. The number of aliphatic hydroxyl groups excluding tert-OH is 1. The van der Waals surface area contributed by atoms with Crippen LogP contribution in [0.1, 0.15) is 18.4 Å². The summed E-state index contributed by atoms with van der Waals surface area (Å²) in [7, 11) is 3.28. The molecule has 1 aromatic carbocycles. The zero-order chi connectivity index (χ0) is 18.5. The number of pyridine rings is 1. The van der Waals surface area contributed by atoms with Crippen molar-refractivity contribution < 1.29 is 14.6 Å². The van der Waals surface area contributed by atoms with Crippen LogP contribution in [-0.2, 0) is 0 Å². The molecule has 3 rings (SSSR count). The van der Waals surface area contributed by atoms with Gasteiger partial charge in [-0.1, -0.05) is 0 Å². The van der Waals surface area contributed by atoms with Gasteiger partial charge in [0.15, 0.2) is 11.5 Å². The first-order valence-electron chi connectivity index (χ1n) is 9.25. The second-order valence-corrected chi connectivity index (χ2v) is 6.97. The molecule has 142 valence electrons. The van der Waals surface area contributed by atoms with Gasteiger partial charge in [-0.05, 0) is 49.9 Å². The molecule has 1 unspecified atom stereocenters. The van der Waals surface area contributed by atoms with Gasteiger partial charge in [0.25, 0.3) is 0 Å². The van der Waals surface area contributed by atoms with E-state index in [1.54, 1.807) is 14.2 Å². The van der Waals surface area contributed by atoms with E-state index in [0.717, 1.165) is 54.9 Å². The molecule has 0 bridgehead atoms. The van der Waals surface area contributed by atoms with E-state index in [2.05, 4.69) is 23.2 Å². The van der Waals surface area contributed by atoms with Gasteiger partial charge >= 0.3 is 0 Å². The van der Waals surface area contributed by atoms with Crippen molar-refractivity contribution >= 4 is 16.7 Å². The molecule has 1 saturated heterocycles. The molecule has 0 radical (unpaired) electrons. The maximum atomic E-state index is 9.35. The normalized spacial score (nSPS) is 18.1.